The lowest BCUT2D eigenvalue weighted by molar-refractivity contribution is -0.131. The lowest BCUT2D eigenvalue weighted by Crippen LogP contribution is -2.55. The smallest absolute Gasteiger partial charge is 0.243 e. The first-order valence-electron chi connectivity index (χ1n) is 8.79. The van der Waals surface area contributed by atoms with Gasteiger partial charge in [0.1, 0.15) is 6.04 Å². The summed E-state index contributed by atoms with van der Waals surface area (Å²) >= 11 is 0. The molecule has 0 heterocycles. The van der Waals surface area contributed by atoms with E-state index in [-0.39, 0.29) is 30.2 Å². The average Bonchev–Trinajstić information content (AvgIpc) is 2.55. The van der Waals surface area contributed by atoms with Crippen LogP contribution in [0, 0.1) is 5.92 Å². The third-order valence-electron chi connectivity index (χ3n) is 4.53. The molecule has 2 amide bonds. The molecule has 1 fully saturated rings. The first-order chi connectivity index (χ1) is 11.5. The molecule has 5 heteroatoms. The van der Waals surface area contributed by atoms with Gasteiger partial charge in [-0.3, -0.25) is 9.59 Å². The molecule has 0 aromatic heterocycles. The summed E-state index contributed by atoms with van der Waals surface area (Å²) in [6.07, 6.45) is 3.27. The average molecular weight is 332 g/mol. The predicted molar refractivity (Wildman–Crippen MR) is 93.3 cm³/mol. The Bertz CT molecular complexity index is 545. The molecular formula is C19H28N2O3. The summed E-state index contributed by atoms with van der Waals surface area (Å²) in [5.41, 5.74) is 0.917. The van der Waals surface area contributed by atoms with E-state index in [1.54, 1.807) is 0 Å². The first kappa shape index (κ1) is 18.5. The zero-order valence-electron chi connectivity index (χ0n) is 14.5. The Morgan fingerprint density at radius 2 is 1.83 bits per heavy atom. The molecular weight excluding hydrogens is 304 g/mol. The third kappa shape index (κ3) is 5.34. The van der Waals surface area contributed by atoms with Crippen LogP contribution in [0.4, 0.5) is 0 Å². The van der Waals surface area contributed by atoms with Crippen molar-refractivity contribution in [3.8, 4) is 0 Å². The molecule has 3 unspecified atom stereocenters. The van der Waals surface area contributed by atoms with Gasteiger partial charge in [-0.15, -0.1) is 0 Å². The summed E-state index contributed by atoms with van der Waals surface area (Å²) in [5, 5.41) is 15.8. The van der Waals surface area contributed by atoms with Crippen molar-refractivity contribution < 1.29 is 14.7 Å². The number of aliphatic hydroxyl groups is 1. The van der Waals surface area contributed by atoms with Gasteiger partial charge in [0.15, 0.2) is 0 Å². The van der Waals surface area contributed by atoms with Gasteiger partial charge in [0.25, 0.3) is 0 Å². The van der Waals surface area contributed by atoms with Gasteiger partial charge in [-0.25, -0.2) is 0 Å². The molecule has 1 aromatic carbocycles. The van der Waals surface area contributed by atoms with Crippen LogP contribution in [0.2, 0.25) is 0 Å². The molecule has 3 N–H and O–H groups in total. The third-order valence-corrected chi connectivity index (χ3v) is 4.53. The summed E-state index contributed by atoms with van der Waals surface area (Å²) in [7, 11) is 0. The molecule has 2 rings (SSSR count). The molecule has 1 aliphatic carbocycles. The zero-order valence-corrected chi connectivity index (χ0v) is 14.5. The van der Waals surface area contributed by atoms with Gasteiger partial charge in [-0.2, -0.15) is 0 Å². The molecule has 1 saturated carbocycles. The number of nitrogens with one attached hydrogen (secondary N) is 2. The van der Waals surface area contributed by atoms with E-state index < -0.39 is 12.1 Å². The summed E-state index contributed by atoms with van der Waals surface area (Å²) in [6.45, 7) is 3.81. The highest BCUT2D eigenvalue weighted by molar-refractivity contribution is 5.88. The van der Waals surface area contributed by atoms with Gasteiger partial charge in [0.05, 0.1) is 18.6 Å². The second-order valence-corrected chi connectivity index (χ2v) is 6.92. The SMILES string of the molecule is CC(C)C(NC(=O)Cc1ccccc1)C(=O)NC1CCCCC1O. The number of hydrogen-bond donors (Lipinski definition) is 3. The fourth-order valence-electron chi connectivity index (χ4n) is 3.09. The van der Waals surface area contributed by atoms with Crippen molar-refractivity contribution in [2.45, 2.75) is 64.1 Å². The fraction of sp³-hybridized carbons (Fsp3) is 0.579. The first-order valence-corrected chi connectivity index (χ1v) is 8.79. The van der Waals surface area contributed by atoms with Gasteiger partial charge in [0, 0.05) is 0 Å². The molecule has 0 spiro atoms. The standard InChI is InChI=1S/C19H28N2O3/c1-13(2)18(19(24)20-15-10-6-7-11-16(15)22)21-17(23)12-14-8-4-3-5-9-14/h3-5,8-9,13,15-16,18,22H,6-7,10-12H2,1-2H3,(H,20,24)(H,21,23). The van der Waals surface area contributed by atoms with Gasteiger partial charge >= 0.3 is 0 Å². The van der Waals surface area contributed by atoms with Crippen molar-refractivity contribution in [3.05, 3.63) is 35.9 Å². The Labute approximate surface area is 143 Å². The van der Waals surface area contributed by atoms with Gasteiger partial charge in [-0.1, -0.05) is 57.0 Å². The van der Waals surface area contributed by atoms with Gasteiger partial charge in [-0.05, 0) is 24.3 Å². The topological polar surface area (TPSA) is 78.4 Å². The van der Waals surface area contributed by atoms with E-state index in [4.69, 9.17) is 0 Å². The predicted octanol–water partition coefficient (Wildman–Crippen LogP) is 1.79. The van der Waals surface area contributed by atoms with E-state index in [9.17, 15) is 14.7 Å². The molecule has 0 saturated heterocycles. The highest BCUT2D eigenvalue weighted by Crippen LogP contribution is 2.18. The Balaban J connectivity index is 1.92. The Morgan fingerprint density at radius 3 is 2.46 bits per heavy atom. The maximum absolute atomic E-state index is 12.5. The van der Waals surface area contributed by atoms with Crippen LogP contribution in [0.3, 0.4) is 0 Å². The van der Waals surface area contributed by atoms with Crippen LogP contribution in [0.25, 0.3) is 0 Å². The molecule has 0 radical (unpaired) electrons. The molecule has 1 aromatic rings. The van der Waals surface area contributed by atoms with Crippen molar-refractivity contribution in [2.24, 2.45) is 5.92 Å². The van der Waals surface area contributed by atoms with Crippen LogP contribution >= 0.6 is 0 Å². The molecule has 0 aliphatic heterocycles. The summed E-state index contributed by atoms with van der Waals surface area (Å²) in [4.78, 5) is 24.8. The van der Waals surface area contributed by atoms with Crippen LogP contribution in [-0.2, 0) is 16.0 Å². The molecule has 5 nitrogen and oxygen atoms in total. The monoisotopic (exact) mass is 332 g/mol. The number of aliphatic hydroxyl groups excluding tert-OH is 1. The second kappa shape index (κ2) is 8.83. The zero-order chi connectivity index (χ0) is 17.5. The summed E-state index contributed by atoms with van der Waals surface area (Å²) in [6, 6.07) is 8.67. The lowest BCUT2D eigenvalue weighted by atomic mass is 9.92. The summed E-state index contributed by atoms with van der Waals surface area (Å²) in [5.74, 6) is -0.401. The van der Waals surface area contributed by atoms with Crippen molar-refractivity contribution in [3.63, 3.8) is 0 Å². The number of hydrogen-bond acceptors (Lipinski definition) is 3. The Hall–Kier alpha value is -1.88. The molecule has 3 atom stereocenters. The fourth-order valence-corrected chi connectivity index (χ4v) is 3.09. The normalized spacial score (nSPS) is 22.0. The van der Waals surface area contributed by atoms with Crippen molar-refractivity contribution in [2.75, 3.05) is 0 Å². The Kier molecular flexibility index (Phi) is 6.79. The molecule has 1 aliphatic rings. The van der Waals surface area contributed by atoms with Crippen LogP contribution in [0.15, 0.2) is 30.3 Å². The minimum Gasteiger partial charge on any atom is -0.391 e. The minimum absolute atomic E-state index is 0.0227. The molecule has 132 valence electrons. The maximum atomic E-state index is 12.5. The van der Waals surface area contributed by atoms with E-state index in [0.29, 0.717) is 0 Å². The Morgan fingerprint density at radius 1 is 1.17 bits per heavy atom. The molecule has 24 heavy (non-hydrogen) atoms. The largest absolute Gasteiger partial charge is 0.391 e. The van der Waals surface area contributed by atoms with E-state index >= 15 is 0 Å². The number of rotatable bonds is 6. The quantitative estimate of drug-likeness (QED) is 0.743. The van der Waals surface area contributed by atoms with Crippen molar-refractivity contribution >= 4 is 11.8 Å². The van der Waals surface area contributed by atoms with E-state index in [1.165, 1.54) is 0 Å². The van der Waals surface area contributed by atoms with Crippen LogP contribution in [0.5, 0.6) is 0 Å². The van der Waals surface area contributed by atoms with E-state index in [0.717, 1.165) is 31.2 Å². The van der Waals surface area contributed by atoms with Crippen molar-refractivity contribution in [1.82, 2.24) is 10.6 Å². The highest BCUT2D eigenvalue weighted by atomic mass is 16.3. The second-order valence-electron chi connectivity index (χ2n) is 6.92. The molecule has 0 bridgehead atoms. The summed E-state index contributed by atoms with van der Waals surface area (Å²) < 4.78 is 0. The maximum Gasteiger partial charge on any atom is 0.243 e. The van der Waals surface area contributed by atoms with Gasteiger partial charge < -0.3 is 15.7 Å². The van der Waals surface area contributed by atoms with Crippen LogP contribution < -0.4 is 10.6 Å². The number of benzene rings is 1. The number of carbonyl (C=O) groups excluding carboxylic acids is 2. The lowest BCUT2D eigenvalue weighted by Gasteiger charge is -2.31. The van der Waals surface area contributed by atoms with E-state index in [2.05, 4.69) is 10.6 Å². The number of carbonyl (C=O) groups is 2. The van der Waals surface area contributed by atoms with Gasteiger partial charge in [0.2, 0.25) is 11.8 Å². The van der Waals surface area contributed by atoms with Crippen LogP contribution in [0.1, 0.15) is 45.1 Å². The highest BCUT2D eigenvalue weighted by Gasteiger charge is 2.29. The van der Waals surface area contributed by atoms with Crippen LogP contribution in [-0.4, -0.2) is 35.1 Å². The number of amides is 2. The minimum atomic E-state index is -0.588. The van der Waals surface area contributed by atoms with Crippen molar-refractivity contribution in [1.29, 1.82) is 0 Å². The van der Waals surface area contributed by atoms with E-state index in [1.807, 2.05) is 44.2 Å².